The van der Waals surface area contributed by atoms with E-state index in [1.807, 2.05) is 20.8 Å². The van der Waals surface area contributed by atoms with Crippen LogP contribution in [0, 0.1) is 5.92 Å². The van der Waals surface area contributed by atoms with Crippen LogP contribution >= 0.6 is 15.9 Å². The Balaban J connectivity index is 3.84. The quantitative estimate of drug-likeness (QED) is 0.734. The van der Waals surface area contributed by atoms with E-state index in [0.29, 0.717) is 17.3 Å². The lowest BCUT2D eigenvalue weighted by molar-refractivity contribution is -0.130. The summed E-state index contributed by atoms with van der Waals surface area (Å²) in [5, 5.41) is 2.89. The van der Waals surface area contributed by atoms with Gasteiger partial charge in [0.15, 0.2) is 0 Å². The van der Waals surface area contributed by atoms with E-state index >= 15 is 0 Å². The molecule has 0 heterocycles. The molecule has 0 saturated heterocycles. The fourth-order valence-electron chi connectivity index (χ4n) is 1.51. The molecule has 0 aromatic rings. The largest absolute Gasteiger partial charge is 0.366 e. The molecule has 0 aliphatic carbocycles. The van der Waals surface area contributed by atoms with E-state index < -0.39 is 0 Å². The molecule has 3 nitrogen and oxygen atoms in total. The van der Waals surface area contributed by atoms with Crippen molar-refractivity contribution < 1.29 is 9.53 Å². The third kappa shape index (κ3) is 8.61. The molecule has 0 aromatic heterocycles. The molecule has 0 fully saturated rings. The van der Waals surface area contributed by atoms with Crippen LogP contribution in [0.3, 0.4) is 0 Å². The van der Waals surface area contributed by atoms with E-state index in [2.05, 4.69) is 35.1 Å². The highest BCUT2D eigenvalue weighted by molar-refractivity contribution is 9.09. The first-order chi connectivity index (χ1) is 7.80. The second-order valence-electron chi connectivity index (χ2n) is 5.30. The van der Waals surface area contributed by atoms with Gasteiger partial charge in [-0.1, -0.05) is 42.6 Å². The van der Waals surface area contributed by atoms with Gasteiger partial charge < -0.3 is 10.1 Å². The standard InChI is InChI=1S/C13H26BrNO2/c1-6-10(7-2)11(14)8-15-12(16)9-17-13(3,4)5/h10-11H,6-9H2,1-5H3,(H,15,16). The van der Waals surface area contributed by atoms with Crippen LogP contribution in [0.15, 0.2) is 0 Å². The highest BCUT2D eigenvalue weighted by atomic mass is 79.9. The van der Waals surface area contributed by atoms with Gasteiger partial charge in [0, 0.05) is 11.4 Å². The maximum Gasteiger partial charge on any atom is 0.246 e. The van der Waals surface area contributed by atoms with Crippen LogP contribution in [0.2, 0.25) is 0 Å². The number of hydrogen-bond acceptors (Lipinski definition) is 2. The summed E-state index contributed by atoms with van der Waals surface area (Å²) in [5.74, 6) is 0.564. The van der Waals surface area contributed by atoms with Gasteiger partial charge in [-0.3, -0.25) is 4.79 Å². The van der Waals surface area contributed by atoms with Crippen LogP contribution in [-0.2, 0) is 9.53 Å². The van der Waals surface area contributed by atoms with Crippen molar-refractivity contribution in [3.8, 4) is 0 Å². The van der Waals surface area contributed by atoms with E-state index in [1.54, 1.807) is 0 Å². The van der Waals surface area contributed by atoms with Gasteiger partial charge in [0.05, 0.1) is 5.60 Å². The van der Waals surface area contributed by atoms with Crippen LogP contribution in [0.5, 0.6) is 0 Å². The zero-order valence-electron chi connectivity index (χ0n) is 11.7. The van der Waals surface area contributed by atoms with Crippen molar-refractivity contribution in [3.63, 3.8) is 0 Å². The lowest BCUT2D eigenvalue weighted by Gasteiger charge is -2.21. The first-order valence-electron chi connectivity index (χ1n) is 6.34. The fourth-order valence-corrected chi connectivity index (χ4v) is 2.42. The number of carbonyl (C=O) groups is 1. The number of ether oxygens (including phenoxy) is 1. The molecule has 0 saturated carbocycles. The predicted octanol–water partition coefficient (Wildman–Crippen LogP) is 3.12. The molecule has 17 heavy (non-hydrogen) atoms. The second kappa shape index (κ2) is 8.09. The van der Waals surface area contributed by atoms with Gasteiger partial charge in [0.2, 0.25) is 5.91 Å². The number of nitrogens with one attached hydrogen (secondary N) is 1. The smallest absolute Gasteiger partial charge is 0.246 e. The van der Waals surface area contributed by atoms with Crippen molar-refractivity contribution in [2.24, 2.45) is 5.92 Å². The topological polar surface area (TPSA) is 38.3 Å². The third-order valence-corrected chi connectivity index (χ3v) is 3.76. The Morgan fingerprint density at radius 2 is 1.82 bits per heavy atom. The molecule has 0 radical (unpaired) electrons. The number of amides is 1. The SMILES string of the molecule is CCC(CC)C(Br)CNC(=O)COC(C)(C)C. The summed E-state index contributed by atoms with van der Waals surface area (Å²) in [5.41, 5.74) is -0.263. The van der Waals surface area contributed by atoms with E-state index in [0.717, 1.165) is 12.8 Å². The average molecular weight is 308 g/mol. The number of rotatable bonds is 7. The molecule has 4 heteroatoms. The van der Waals surface area contributed by atoms with Crippen LogP contribution in [0.1, 0.15) is 47.5 Å². The maximum absolute atomic E-state index is 11.5. The molecule has 1 amide bonds. The van der Waals surface area contributed by atoms with E-state index in [9.17, 15) is 4.79 Å². The highest BCUT2D eigenvalue weighted by Crippen LogP contribution is 2.19. The molecule has 102 valence electrons. The number of hydrogen-bond donors (Lipinski definition) is 1. The minimum absolute atomic E-state index is 0.0460. The van der Waals surface area contributed by atoms with Crippen molar-refractivity contribution in [3.05, 3.63) is 0 Å². The molecule has 0 aliphatic rings. The van der Waals surface area contributed by atoms with Gasteiger partial charge in [-0.05, 0) is 26.7 Å². The van der Waals surface area contributed by atoms with Crippen LogP contribution in [-0.4, -0.2) is 29.5 Å². The minimum atomic E-state index is -0.263. The Hall–Kier alpha value is -0.0900. The Kier molecular flexibility index (Phi) is 8.05. The molecule has 1 N–H and O–H groups in total. The maximum atomic E-state index is 11.5. The molecule has 0 aromatic carbocycles. The van der Waals surface area contributed by atoms with Crippen LogP contribution in [0.25, 0.3) is 0 Å². The Labute approximate surface area is 114 Å². The molecule has 0 bridgehead atoms. The van der Waals surface area contributed by atoms with Gasteiger partial charge in [-0.25, -0.2) is 0 Å². The minimum Gasteiger partial charge on any atom is -0.366 e. The third-order valence-electron chi connectivity index (χ3n) is 2.69. The molecule has 0 rings (SSSR count). The van der Waals surface area contributed by atoms with Crippen LogP contribution < -0.4 is 5.32 Å². The summed E-state index contributed by atoms with van der Waals surface area (Å²) in [6.45, 7) is 11.0. The van der Waals surface area contributed by atoms with Crippen molar-refractivity contribution in [2.45, 2.75) is 57.9 Å². The van der Waals surface area contributed by atoms with Gasteiger partial charge in [0.25, 0.3) is 0 Å². The second-order valence-corrected chi connectivity index (χ2v) is 6.47. The summed E-state index contributed by atoms with van der Waals surface area (Å²) in [6, 6.07) is 0. The Bertz CT molecular complexity index is 222. The summed E-state index contributed by atoms with van der Waals surface area (Å²) < 4.78 is 5.41. The highest BCUT2D eigenvalue weighted by Gasteiger charge is 2.17. The summed E-state index contributed by atoms with van der Waals surface area (Å²) >= 11 is 3.63. The Morgan fingerprint density at radius 1 is 1.29 bits per heavy atom. The first-order valence-corrected chi connectivity index (χ1v) is 7.26. The van der Waals surface area contributed by atoms with Crippen molar-refractivity contribution in [1.82, 2.24) is 5.32 Å². The van der Waals surface area contributed by atoms with Crippen molar-refractivity contribution in [2.75, 3.05) is 13.2 Å². The Morgan fingerprint density at radius 3 is 2.24 bits per heavy atom. The number of halogens is 1. The van der Waals surface area contributed by atoms with Crippen LogP contribution in [0.4, 0.5) is 0 Å². The van der Waals surface area contributed by atoms with Gasteiger partial charge in [0.1, 0.15) is 6.61 Å². The molecule has 0 aliphatic heterocycles. The zero-order valence-corrected chi connectivity index (χ0v) is 13.3. The van der Waals surface area contributed by atoms with Crippen molar-refractivity contribution >= 4 is 21.8 Å². The predicted molar refractivity (Wildman–Crippen MR) is 75.5 cm³/mol. The normalized spacial score (nSPS) is 13.8. The monoisotopic (exact) mass is 307 g/mol. The molecule has 1 atom stereocenters. The number of alkyl halides is 1. The van der Waals surface area contributed by atoms with E-state index in [-0.39, 0.29) is 18.1 Å². The lowest BCUT2D eigenvalue weighted by atomic mass is 9.99. The molecular formula is C13H26BrNO2. The summed E-state index contributed by atoms with van der Waals surface area (Å²) in [7, 11) is 0. The molecule has 0 spiro atoms. The lowest BCUT2D eigenvalue weighted by Crippen LogP contribution is -2.37. The number of carbonyl (C=O) groups excluding carboxylic acids is 1. The van der Waals surface area contributed by atoms with Gasteiger partial charge in [-0.2, -0.15) is 0 Å². The fraction of sp³-hybridized carbons (Fsp3) is 0.923. The molecular weight excluding hydrogens is 282 g/mol. The first kappa shape index (κ1) is 16.9. The van der Waals surface area contributed by atoms with E-state index in [1.165, 1.54) is 0 Å². The van der Waals surface area contributed by atoms with Gasteiger partial charge >= 0.3 is 0 Å². The summed E-state index contributed by atoms with van der Waals surface area (Å²) in [4.78, 5) is 11.9. The zero-order chi connectivity index (χ0) is 13.5. The van der Waals surface area contributed by atoms with Gasteiger partial charge in [-0.15, -0.1) is 0 Å². The van der Waals surface area contributed by atoms with Crippen molar-refractivity contribution in [1.29, 1.82) is 0 Å². The average Bonchev–Trinajstić information content (AvgIpc) is 2.24. The molecule has 1 unspecified atom stereocenters. The summed E-state index contributed by atoms with van der Waals surface area (Å²) in [6.07, 6.45) is 2.25. The van der Waals surface area contributed by atoms with E-state index in [4.69, 9.17) is 4.74 Å².